The molecule has 0 aliphatic carbocycles. The zero-order valence-electron chi connectivity index (χ0n) is 11.2. The van der Waals surface area contributed by atoms with Gasteiger partial charge in [0.05, 0.1) is 12.8 Å². The molecule has 2 rings (SSSR count). The minimum absolute atomic E-state index is 0.0918. The summed E-state index contributed by atoms with van der Waals surface area (Å²) >= 11 is 0. The number of nitrogens with one attached hydrogen (secondary N) is 1. The van der Waals surface area contributed by atoms with Crippen LogP contribution in [-0.2, 0) is 27.8 Å². The van der Waals surface area contributed by atoms with Gasteiger partial charge in [-0.3, -0.25) is 4.79 Å². The lowest BCUT2D eigenvalue weighted by Gasteiger charge is -2.33. The molecule has 6 heteroatoms. The Morgan fingerprint density at radius 1 is 1.45 bits per heavy atom. The summed E-state index contributed by atoms with van der Waals surface area (Å²) in [6.45, 7) is 0.303. The molecule has 1 heterocycles. The first-order chi connectivity index (χ1) is 9.43. The first-order valence-corrected chi connectivity index (χ1v) is 8.03. The van der Waals surface area contributed by atoms with E-state index >= 15 is 0 Å². The lowest BCUT2D eigenvalue weighted by molar-refractivity contribution is -0.124. The number of fused-ring (bicyclic) bond motifs is 1. The highest BCUT2D eigenvalue weighted by Crippen LogP contribution is 2.25. The molecule has 1 aliphatic rings. The minimum Gasteiger partial charge on any atom is -0.344 e. The van der Waals surface area contributed by atoms with Crippen LogP contribution >= 0.6 is 0 Å². The summed E-state index contributed by atoms with van der Waals surface area (Å²) in [7, 11) is -3.47. The van der Waals surface area contributed by atoms with Gasteiger partial charge < -0.3 is 5.32 Å². The van der Waals surface area contributed by atoms with Gasteiger partial charge in [0.25, 0.3) is 0 Å². The molecule has 106 valence electrons. The molecule has 0 unspecified atom stereocenters. The Morgan fingerprint density at radius 2 is 2.10 bits per heavy atom. The van der Waals surface area contributed by atoms with Gasteiger partial charge in [0, 0.05) is 6.54 Å². The Morgan fingerprint density at radius 3 is 2.70 bits per heavy atom. The highest BCUT2D eigenvalue weighted by Gasteiger charge is 2.36. The van der Waals surface area contributed by atoms with E-state index in [9.17, 15) is 13.2 Å². The van der Waals surface area contributed by atoms with Crippen LogP contribution in [0.3, 0.4) is 0 Å². The molecule has 0 saturated heterocycles. The lowest BCUT2D eigenvalue weighted by Crippen LogP contribution is -2.52. The Hall–Kier alpha value is -1.84. The molecular weight excluding hydrogens is 276 g/mol. The van der Waals surface area contributed by atoms with Crippen LogP contribution in [0, 0.1) is 12.3 Å². The van der Waals surface area contributed by atoms with Gasteiger partial charge in [-0.15, -0.1) is 6.42 Å². The molecule has 1 atom stereocenters. The average molecular weight is 292 g/mol. The summed E-state index contributed by atoms with van der Waals surface area (Å²) in [5.74, 6) is 1.95. The summed E-state index contributed by atoms with van der Waals surface area (Å²) in [5.41, 5.74) is 1.92. The summed E-state index contributed by atoms with van der Waals surface area (Å²) in [5, 5.41) is 2.55. The van der Waals surface area contributed by atoms with Gasteiger partial charge in [0.15, 0.2) is 0 Å². The smallest absolute Gasteiger partial charge is 0.239 e. The Balaban J connectivity index is 2.33. The van der Waals surface area contributed by atoms with Crippen molar-refractivity contribution in [3.05, 3.63) is 35.4 Å². The van der Waals surface area contributed by atoms with Crippen LogP contribution in [0.4, 0.5) is 0 Å². The van der Waals surface area contributed by atoms with E-state index < -0.39 is 16.1 Å². The largest absolute Gasteiger partial charge is 0.344 e. The lowest BCUT2D eigenvalue weighted by atomic mass is 9.95. The van der Waals surface area contributed by atoms with Crippen LogP contribution < -0.4 is 5.32 Å². The molecule has 0 bridgehead atoms. The number of carbonyl (C=O) groups is 1. The fourth-order valence-corrected chi connectivity index (χ4v) is 3.33. The van der Waals surface area contributed by atoms with E-state index in [0.717, 1.165) is 17.4 Å². The SMILES string of the molecule is C#CCNC(=O)[C@H]1Cc2ccccc2CN1S(C)(=O)=O. The van der Waals surface area contributed by atoms with Crippen molar-refractivity contribution in [3.8, 4) is 12.3 Å². The van der Waals surface area contributed by atoms with Crippen molar-refractivity contribution in [1.82, 2.24) is 9.62 Å². The maximum Gasteiger partial charge on any atom is 0.239 e. The first-order valence-electron chi connectivity index (χ1n) is 6.18. The number of amides is 1. The van der Waals surface area contributed by atoms with Gasteiger partial charge in [-0.05, 0) is 17.5 Å². The van der Waals surface area contributed by atoms with E-state index in [1.54, 1.807) is 0 Å². The quantitative estimate of drug-likeness (QED) is 0.805. The van der Waals surface area contributed by atoms with Crippen LogP contribution in [0.15, 0.2) is 24.3 Å². The average Bonchev–Trinajstić information content (AvgIpc) is 2.42. The Bertz CT molecular complexity index is 661. The Kier molecular flexibility index (Phi) is 4.12. The van der Waals surface area contributed by atoms with Gasteiger partial charge in [-0.25, -0.2) is 8.42 Å². The van der Waals surface area contributed by atoms with Crippen LogP contribution in [-0.4, -0.2) is 37.5 Å². The first kappa shape index (κ1) is 14.6. The van der Waals surface area contributed by atoms with E-state index in [4.69, 9.17) is 6.42 Å². The standard InChI is InChI=1S/C14H16N2O3S/c1-3-8-15-14(17)13-9-11-6-4-5-7-12(11)10-16(13)20(2,18)19/h1,4-7,13H,8-10H2,2H3,(H,15,17)/t13-/m1/s1. The molecule has 1 aromatic carbocycles. The highest BCUT2D eigenvalue weighted by atomic mass is 32.2. The Labute approximate surface area is 119 Å². The number of sulfonamides is 1. The molecule has 0 radical (unpaired) electrons. The van der Waals surface area contributed by atoms with Crippen LogP contribution in [0.25, 0.3) is 0 Å². The molecule has 0 aromatic heterocycles. The van der Waals surface area contributed by atoms with E-state index in [0.29, 0.717) is 6.42 Å². The topological polar surface area (TPSA) is 66.5 Å². The number of terminal acetylenes is 1. The molecule has 0 spiro atoms. The fourth-order valence-electron chi connectivity index (χ4n) is 2.33. The zero-order chi connectivity index (χ0) is 14.8. The molecule has 1 aromatic rings. The van der Waals surface area contributed by atoms with Crippen LogP contribution in [0.5, 0.6) is 0 Å². The third kappa shape index (κ3) is 3.00. The van der Waals surface area contributed by atoms with Crippen molar-refractivity contribution in [1.29, 1.82) is 0 Å². The molecule has 5 nitrogen and oxygen atoms in total. The van der Waals surface area contributed by atoms with Crippen molar-refractivity contribution in [3.63, 3.8) is 0 Å². The van der Waals surface area contributed by atoms with E-state index in [2.05, 4.69) is 11.2 Å². The monoisotopic (exact) mass is 292 g/mol. The van der Waals surface area contributed by atoms with E-state index in [-0.39, 0.29) is 19.0 Å². The second kappa shape index (κ2) is 5.65. The number of carbonyl (C=O) groups excluding carboxylic acids is 1. The third-order valence-corrected chi connectivity index (χ3v) is 4.53. The predicted molar refractivity (Wildman–Crippen MR) is 76.2 cm³/mol. The molecule has 1 N–H and O–H groups in total. The van der Waals surface area contributed by atoms with Gasteiger partial charge in [0.1, 0.15) is 6.04 Å². The van der Waals surface area contributed by atoms with Crippen LogP contribution in [0.1, 0.15) is 11.1 Å². The number of hydrogen-bond donors (Lipinski definition) is 1. The predicted octanol–water partition coefficient (Wildman–Crippen LogP) is 0.122. The normalized spacial score (nSPS) is 18.9. The number of rotatable bonds is 3. The minimum atomic E-state index is -3.47. The summed E-state index contributed by atoms with van der Waals surface area (Å²) in [6.07, 6.45) is 6.58. The van der Waals surface area contributed by atoms with Gasteiger partial charge in [-0.2, -0.15) is 4.31 Å². The van der Waals surface area contributed by atoms with Crippen molar-refractivity contribution < 1.29 is 13.2 Å². The number of benzene rings is 1. The van der Waals surface area contributed by atoms with Gasteiger partial charge >= 0.3 is 0 Å². The fraction of sp³-hybridized carbons (Fsp3) is 0.357. The summed E-state index contributed by atoms with van der Waals surface area (Å²) in [6, 6.07) is 6.79. The van der Waals surface area contributed by atoms with E-state index in [1.165, 1.54) is 4.31 Å². The van der Waals surface area contributed by atoms with Gasteiger partial charge in [0.2, 0.25) is 15.9 Å². The van der Waals surface area contributed by atoms with E-state index in [1.807, 2.05) is 24.3 Å². The number of nitrogens with zero attached hydrogens (tertiary/aromatic N) is 1. The maximum absolute atomic E-state index is 12.1. The van der Waals surface area contributed by atoms with Crippen molar-refractivity contribution >= 4 is 15.9 Å². The van der Waals surface area contributed by atoms with Crippen molar-refractivity contribution in [2.75, 3.05) is 12.8 Å². The van der Waals surface area contributed by atoms with Crippen molar-refractivity contribution in [2.24, 2.45) is 0 Å². The summed E-state index contributed by atoms with van der Waals surface area (Å²) < 4.78 is 25.0. The zero-order valence-corrected chi connectivity index (χ0v) is 12.0. The molecule has 0 saturated carbocycles. The van der Waals surface area contributed by atoms with Crippen molar-refractivity contribution in [2.45, 2.75) is 19.0 Å². The highest BCUT2D eigenvalue weighted by molar-refractivity contribution is 7.88. The molecular formula is C14H16N2O3S. The maximum atomic E-state index is 12.1. The second-order valence-corrected chi connectivity index (χ2v) is 6.65. The van der Waals surface area contributed by atoms with Crippen LogP contribution in [0.2, 0.25) is 0 Å². The molecule has 1 amide bonds. The molecule has 20 heavy (non-hydrogen) atoms. The third-order valence-electron chi connectivity index (χ3n) is 3.30. The van der Waals surface area contributed by atoms with Gasteiger partial charge in [-0.1, -0.05) is 30.2 Å². The molecule has 1 aliphatic heterocycles. The number of hydrogen-bond acceptors (Lipinski definition) is 3. The summed E-state index contributed by atoms with van der Waals surface area (Å²) in [4.78, 5) is 12.1. The second-order valence-electron chi connectivity index (χ2n) is 4.72. The molecule has 0 fully saturated rings.